The molecule has 0 bridgehead atoms. The molecule has 0 radical (unpaired) electrons. The third-order valence-electron chi connectivity index (χ3n) is 2.61. The van der Waals surface area contributed by atoms with Crippen molar-refractivity contribution in [3.63, 3.8) is 0 Å². The first-order valence-electron chi connectivity index (χ1n) is 5.55. The summed E-state index contributed by atoms with van der Waals surface area (Å²) < 4.78 is 10.8. The van der Waals surface area contributed by atoms with E-state index in [1.807, 2.05) is 7.05 Å². The van der Waals surface area contributed by atoms with Crippen molar-refractivity contribution in [3.8, 4) is 5.75 Å². The molecule has 0 aliphatic carbocycles. The van der Waals surface area contributed by atoms with Crippen LogP contribution in [0.4, 0.5) is 0 Å². The fourth-order valence-electron chi connectivity index (χ4n) is 1.58. The van der Waals surface area contributed by atoms with Crippen LogP contribution in [0.3, 0.4) is 0 Å². The average Bonchev–Trinajstić information content (AvgIpc) is 2.28. The lowest BCUT2D eigenvalue weighted by Gasteiger charge is -2.11. The number of nitrogens with one attached hydrogen (secondary N) is 1. The third-order valence-corrected chi connectivity index (χ3v) is 2.61. The van der Waals surface area contributed by atoms with E-state index >= 15 is 0 Å². The Kier molecular flexibility index (Phi) is 5.29. The average molecular weight is 223 g/mol. The molecule has 0 heterocycles. The first-order chi connectivity index (χ1) is 7.69. The Morgan fingerprint density at radius 3 is 2.56 bits per heavy atom. The number of hydrogen-bond acceptors (Lipinski definition) is 3. The largest absolute Gasteiger partial charge is 0.496 e. The van der Waals surface area contributed by atoms with Crippen LogP contribution in [0.2, 0.25) is 0 Å². The summed E-state index contributed by atoms with van der Waals surface area (Å²) in [6.45, 7) is 6.42. The second-order valence-corrected chi connectivity index (χ2v) is 3.90. The van der Waals surface area contributed by atoms with Crippen LogP contribution in [0.25, 0.3) is 0 Å². The molecule has 0 unspecified atom stereocenters. The quantitative estimate of drug-likeness (QED) is 0.749. The molecular formula is C13H21NO2. The van der Waals surface area contributed by atoms with Gasteiger partial charge in [-0.3, -0.25) is 0 Å². The Labute approximate surface area is 97.8 Å². The topological polar surface area (TPSA) is 30.5 Å². The Hall–Kier alpha value is -1.06. The van der Waals surface area contributed by atoms with Crippen molar-refractivity contribution < 1.29 is 9.47 Å². The number of aryl methyl sites for hydroxylation is 2. The van der Waals surface area contributed by atoms with E-state index in [1.165, 1.54) is 11.1 Å². The van der Waals surface area contributed by atoms with E-state index in [0.717, 1.165) is 24.5 Å². The van der Waals surface area contributed by atoms with Crippen LogP contribution in [0, 0.1) is 13.8 Å². The number of likely N-dealkylation sites (N-methyl/N-ethyl adjacent to an activating group) is 1. The number of methoxy groups -OCH3 is 1. The van der Waals surface area contributed by atoms with E-state index in [9.17, 15) is 0 Å². The van der Waals surface area contributed by atoms with Gasteiger partial charge in [0.25, 0.3) is 0 Å². The fourth-order valence-corrected chi connectivity index (χ4v) is 1.58. The van der Waals surface area contributed by atoms with Gasteiger partial charge in [0, 0.05) is 6.54 Å². The normalized spacial score (nSPS) is 10.5. The van der Waals surface area contributed by atoms with Crippen molar-refractivity contribution in [2.75, 3.05) is 27.3 Å². The minimum atomic E-state index is 0.665. The van der Waals surface area contributed by atoms with Crippen molar-refractivity contribution in [2.24, 2.45) is 0 Å². The maximum absolute atomic E-state index is 5.57. The molecule has 0 saturated carbocycles. The second-order valence-electron chi connectivity index (χ2n) is 3.90. The van der Waals surface area contributed by atoms with Crippen molar-refractivity contribution in [3.05, 3.63) is 28.8 Å². The summed E-state index contributed by atoms with van der Waals surface area (Å²) >= 11 is 0. The van der Waals surface area contributed by atoms with Crippen molar-refractivity contribution >= 4 is 0 Å². The summed E-state index contributed by atoms with van der Waals surface area (Å²) in [6.07, 6.45) is 0. The highest BCUT2D eigenvalue weighted by Crippen LogP contribution is 2.22. The molecule has 3 heteroatoms. The van der Waals surface area contributed by atoms with Gasteiger partial charge in [-0.1, -0.05) is 0 Å². The summed E-state index contributed by atoms with van der Waals surface area (Å²) in [4.78, 5) is 0. The van der Waals surface area contributed by atoms with Crippen molar-refractivity contribution in [2.45, 2.75) is 20.5 Å². The Morgan fingerprint density at radius 2 is 1.94 bits per heavy atom. The molecule has 0 fully saturated rings. The lowest BCUT2D eigenvalue weighted by atomic mass is 10.1. The summed E-state index contributed by atoms with van der Waals surface area (Å²) in [5.74, 6) is 0.941. The molecule has 0 aliphatic heterocycles. The Morgan fingerprint density at radius 1 is 1.19 bits per heavy atom. The Bertz CT molecular complexity index is 337. The van der Waals surface area contributed by atoms with Gasteiger partial charge in [0.15, 0.2) is 0 Å². The molecular weight excluding hydrogens is 202 g/mol. The lowest BCUT2D eigenvalue weighted by Crippen LogP contribution is -2.14. The summed E-state index contributed by atoms with van der Waals surface area (Å²) in [5.41, 5.74) is 3.60. The van der Waals surface area contributed by atoms with Gasteiger partial charge >= 0.3 is 0 Å². The van der Waals surface area contributed by atoms with Gasteiger partial charge in [-0.05, 0) is 49.7 Å². The van der Waals surface area contributed by atoms with Crippen LogP contribution in [-0.4, -0.2) is 27.3 Å². The van der Waals surface area contributed by atoms with Gasteiger partial charge in [-0.25, -0.2) is 0 Å². The van der Waals surface area contributed by atoms with Crippen LogP contribution in [0.1, 0.15) is 16.7 Å². The van der Waals surface area contributed by atoms with Crippen LogP contribution >= 0.6 is 0 Å². The number of rotatable bonds is 6. The number of hydrogen-bond donors (Lipinski definition) is 1. The predicted molar refractivity (Wildman–Crippen MR) is 66.1 cm³/mol. The molecule has 1 aromatic carbocycles. The summed E-state index contributed by atoms with van der Waals surface area (Å²) in [5, 5.41) is 3.05. The van der Waals surface area contributed by atoms with E-state index < -0.39 is 0 Å². The zero-order chi connectivity index (χ0) is 12.0. The molecule has 0 aliphatic rings. The van der Waals surface area contributed by atoms with E-state index in [1.54, 1.807) is 7.11 Å². The van der Waals surface area contributed by atoms with Crippen LogP contribution in [0.5, 0.6) is 5.75 Å². The maximum atomic E-state index is 5.57. The molecule has 0 saturated heterocycles. The monoisotopic (exact) mass is 223 g/mol. The third kappa shape index (κ3) is 3.51. The molecule has 90 valence electrons. The highest BCUT2D eigenvalue weighted by molar-refractivity contribution is 5.41. The fraction of sp³-hybridized carbons (Fsp3) is 0.538. The molecule has 1 aromatic rings. The van der Waals surface area contributed by atoms with Crippen LogP contribution < -0.4 is 10.1 Å². The van der Waals surface area contributed by atoms with Gasteiger partial charge in [0.2, 0.25) is 0 Å². The predicted octanol–water partition coefficient (Wildman–Crippen LogP) is 2.05. The van der Waals surface area contributed by atoms with Crippen molar-refractivity contribution in [1.82, 2.24) is 5.32 Å². The minimum absolute atomic E-state index is 0.665. The maximum Gasteiger partial charge on any atom is 0.122 e. The summed E-state index contributed by atoms with van der Waals surface area (Å²) in [6, 6.07) is 4.19. The highest BCUT2D eigenvalue weighted by Gasteiger charge is 2.04. The Balaban J connectivity index is 2.63. The van der Waals surface area contributed by atoms with Gasteiger partial charge < -0.3 is 14.8 Å². The van der Waals surface area contributed by atoms with Crippen molar-refractivity contribution in [1.29, 1.82) is 0 Å². The van der Waals surface area contributed by atoms with Gasteiger partial charge in [0.05, 0.1) is 20.3 Å². The standard InChI is InChI=1S/C13H21NO2/c1-10-8-13(15-4)11(2)7-12(10)9-16-6-5-14-3/h7-8,14H,5-6,9H2,1-4H3. The molecule has 16 heavy (non-hydrogen) atoms. The number of benzene rings is 1. The molecule has 0 atom stereocenters. The molecule has 0 aromatic heterocycles. The van der Waals surface area contributed by atoms with E-state index in [2.05, 4.69) is 31.3 Å². The zero-order valence-electron chi connectivity index (χ0n) is 10.6. The summed E-state index contributed by atoms with van der Waals surface area (Å²) in [7, 11) is 3.62. The van der Waals surface area contributed by atoms with E-state index in [-0.39, 0.29) is 0 Å². The minimum Gasteiger partial charge on any atom is -0.496 e. The highest BCUT2D eigenvalue weighted by atomic mass is 16.5. The second kappa shape index (κ2) is 6.51. The van der Waals surface area contributed by atoms with Gasteiger partial charge in [-0.2, -0.15) is 0 Å². The smallest absolute Gasteiger partial charge is 0.122 e. The molecule has 1 N–H and O–H groups in total. The molecule has 0 spiro atoms. The molecule has 1 rings (SSSR count). The molecule has 3 nitrogen and oxygen atoms in total. The van der Waals surface area contributed by atoms with Gasteiger partial charge in [-0.15, -0.1) is 0 Å². The van der Waals surface area contributed by atoms with E-state index in [4.69, 9.17) is 9.47 Å². The first kappa shape index (κ1) is 13.0. The van der Waals surface area contributed by atoms with Crippen LogP contribution in [0.15, 0.2) is 12.1 Å². The van der Waals surface area contributed by atoms with Crippen LogP contribution in [-0.2, 0) is 11.3 Å². The zero-order valence-corrected chi connectivity index (χ0v) is 10.6. The van der Waals surface area contributed by atoms with E-state index in [0.29, 0.717) is 6.61 Å². The first-order valence-corrected chi connectivity index (χ1v) is 5.55. The lowest BCUT2D eigenvalue weighted by molar-refractivity contribution is 0.123. The van der Waals surface area contributed by atoms with Gasteiger partial charge in [0.1, 0.15) is 5.75 Å². The number of ether oxygens (including phenoxy) is 2. The molecule has 0 amide bonds. The SMILES string of the molecule is CNCCOCc1cc(C)c(OC)cc1C.